The Kier molecular flexibility index (Phi) is 6.88. The molecule has 2 aliphatic rings. The third kappa shape index (κ3) is 5.05. The quantitative estimate of drug-likeness (QED) is 0.460. The molecule has 0 radical (unpaired) electrons. The summed E-state index contributed by atoms with van der Waals surface area (Å²) < 4.78 is 11.4. The van der Waals surface area contributed by atoms with E-state index in [1.165, 1.54) is 5.56 Å². The standard InChI is InChI=1S/C29H30N4O3/c1-20-16-26(10-8-23(20)17-30)36-28-11-9-24(21(2)31-28)18-32-14-12-25(13-15-32)33-27(19-35-29(33)34)22-6-4-3-5-7-22/h3-11,16,25,27H,12-15,18-19H2,1-2H3. The zero-order valence-electron chi connectivity index (χ0n) is 20.7. The van der Waals surface area contributed by atoms with E-state index in [1.54, 1.807) is 12.1 Å². The fourth-order valence-electron chi connectivity index (χ4n) is 5.10. The minimum absolute atomic E-state index is 0.00543. The Bertz CT molecular complexity index is 1280. The van der Waals surface area contributed by atoms with Crippen molar-refractivity contribution >= 4 is 6.09 Å². The van der Waals surface area contributed by atoms with Gasteiger partial charge in [0.25, 0.3) is 0 Å². The zero-order valence-corrected chi connectivity index (χ0v) is 20.7. The lowest BCUT2D eigenvalue weighted by Gasteiger charge is -2.38. The monoisotopic (exact) mass is 482 g/mol. The Morgan fingerprint density at radius 2 is 1.86 bits per heavy atom. The summed E-state index contributed by atoms with van der Waals surface area (Å²) >= 11 is 0. The summed E-state index contributed by atoms with van der Waals surface area (Å²) in [6.45, 7) is 6.96. The number of piperidine rings is 1. The fraction of sp³-hybridized carbons (Fsp3) is 0.345. The molecule has 1 amide bonds. The zero-order chi connectivity index (χ0) is 25.1. The maximum atomic E-state index is 12.5. The lowest BCUT2D eigenvalue weighted by molar-refractivity contribution is 0.104. The Morgan fingerprint density at radius 1 is 1.08 bits per heavy atom. The number of cyclic esters (lactones) is 1. The second kappa shape index (κ2) is 10.4. The molecular weight excluding hydrogens is 452 g/mol. The van der Waals surface area contributed by atoms with Crippen LogP contribution in [0.2, 0.25) is 0 Å². The Balaban J connectivity index is 1.19. The second-order valence-electron chi connectivity index (χ2n) is 9.50. The number of rotatable bonds is 6. The van der Waals surface area contributed by atoms with Crippen LogP contribution in [0.1, 0.15) is 46.8 Å². The first-order valence-electron chi connectivity index (χ1n) is 12.4. The maximum Gasteiger partial charge on any atom is 0.410 e. The average Bonchev–Trinajstić information content (AvgIpc) is 3.28. The van der Waals surface area contributed by atoms with Crippen molar-refractivity contribution in [2.24, 2.45) is 0 Å². The second-order valence-corrected chi connectivity index (χ2v) is 9.50. The van der Waals surface area contributed by atoms with E-state index in [0.29, 0.717) is 23.8 Å². The van der Waals surface area contributed by atoms with E-state index < -0.39 is 0 Å². The van der Waals surface area contributed by atoms with Crippen molar-refractivity contribution in [2.45, 2.75) is 45.3 Å². The van der Waals surface area contributed by atoms with E-state index in [0.717, 1.165) is 49.3 Å². The highest BCUT2D eigenvalue weighted by Crippen LogP contribution is 2.33. The van der Waals surface area contributed by atoms with Crippen LogP contribution >= 0.6 is 0 Å². The van der Waals surface area contributed by atoms with Crippen molar-refractivity contribution in [1.82, 2.24) is 14.8 Å². The molecule has 0 spiro atoms. The van der Waals surface area contributed by atoms with Gasteiger partial charge < -0.3 is 9.47 Å². The van der Waals surface area contributed by atoms with Gasteiger partial charge in [0.1, 0.15) is 12.4 Å². The number of aromatic nitrogens is 1. The molecule has 184 valence electrons. The first-order valence-corrected chi connectivity index (χ1v) is 12.4. The summed E-state index contributed by atoms with van der Waals surface area (Å²) in [7, 11) is 0. The van der Waals surface area contributed by atoms with E-state index in [1.807, 2.05) is 49.1 Å². The van der Waals surface area contributed by atoms with Crippen molar-refractivity contribution in [3.8, 4) is 17.7 Å². The van der Waals surface area contributed by atoms with Gasteiger partial charge in [-0.3, -0.25) is 9.80 Å². The molecule has 0 aliphatic carbocycles. The Hall–Kier alpha value is -3.89. The van der Waals surface area contributed by atoms with Gasteiger partial charge in [0.05, 0.1) is 17.7 Å². The largest absolute Gasteiger partial charge is 0.447 e. The van der Waals surface area contributed by atoms with Crippen LogP contribution in [0.5, 0.6) is 11.6 Å². The smallest absolute Gasteiger partial charge is 0.410 e. The van der Waals surface area contributed by atoms with Crippen LogP contribution in [0.4, 0.5) is 4.79 Å². The molecule has 0 saturated carbocycles. The summed E-state index contributed by atoms with van der Waals surface area (Å²) in [5.74, 6) is 1.21. The number of aryl methyl sites for hydroxylation is 2. The summed E-state index contributed by atoms with van der Waals surface area (Å²) in [6.07, 6.45) is 1.64. The Labute approximate surface area is 211 Å². The van der Waals surface area contributed by atoms with Gasteiger partial charge in [0.15, 0.2) is 0 Å². The molecule has 3 aromatic rings. The molecule has 2 fully saturated rings. The van der Waals surface area contributed by atoms with Gasteiger partial charge in [-0.1, -0.05) is 36.4 Å². The van der Waals surface area contributed by atoms with Crippen molar-refractivity contribution in [3.63, 3.8) is 0 Å². The number of nitriles is 1. The van der Waals surface area contributed by atoms with Crippen LogP contribution in [0.3, 0.4) is 0 Å². The van der Waals surface area contributed by atoms with Crippen molar-refractivity contribution in [1.29, 1.82) is 5.26 Å². The number of likely N-dealkylation sites (tertiary alicyclic amines) is 1. The lowest BCUT2D eigenvalue weighted by Crippen LogP contribution is -2.46. The van der Waals surface area contributed by atoms with Crippen LogP contribution in [0, 0.1) is 25.2 Å². The molecule has 1 aromatic heterocycles. The minimum Gasteiger partial charge on any atom is -0.447 e. The van der Waals surface area contributed by atoms with Crippen LogP contribution in [-0.2, 0) is 11.3 Å². The highest BCUT2D eigenvalue weighted by Gasteiger charge is 2.40. The van der Waals surface area contributed by atoms with E-state index >= 15 is 0 Å². The normalized spacial score (nSPS) is 18.6. The van der Waals surface area contributed by atoms with E-state index in [9.17, 15) is 4.79 Å². The molecule has 2 aliphatic heterocycles. The van der Waals surface area contributed by atoms with Crippen LogP contribution in [0.15, 0.2) is 60.7 Å². The molecule has 36 heavy (non-hydrogen) atoms. The molecule has 2 aromatic carbocycles. The maximum absolute atomic E-state index is 12.5. The highest BCUT2D eigenvalue weighted by atomic mass is 16.6. The Morgan fingerprint density at radius 3 is 2.56 bits per heavy atom. The molecule has 0 N–H and O–H groups in total. The van der Waals surface area contributed by atoms with Gasteiger partial charge in [0.2, 0.25) is 5.88 Å². The summed E-state index contributed by atoms with van der Waals surface area (Å²) in [4.78, 5) is 21.6. The van der Waals surface area contributed by atoms with Crippen LogP contribution < -0.4 is 4.74 Å². The number of amides is 1. The van der Waals surface area contributed by atoms with Gasteiger partial charge in [-0.25, -0.2) is 9.78 Å². The first kappa shape index (κ1) is 23.8. The summed E-state index contributed by atoms with van der Waals surface area (Å²) in [5.41, 5.74) is 4.75. The van der Waals surface area contributed by atoms with E-state index in [2.05, 4.69) is 34.2 Å². The fourth-order valence-corrected chi connectivity index (χ4v) is 5.10. The molecule has 5 rings (SSSR count). The number of carbonyl (C=O) groups excluding carboxylic acids is 1. The molecule has 1 unspecified atom stereocenters. The van der Waals surface area contributed by atoms with E-state index in [-0.39, 0.29) is 18.2 Å². The van der Waals surface area contributed by atoms with Gasteiger partial charge in [-0.2, -0.15) is 5.26 Å². The number of hydrogen-bond acceptors (Lipinski definition) is 6. The van der Waals surface area contributed by atoms with Gasteiger partial charge in [-0.15, -0.1) is 0 Å². The van der Waals surface area contributed by atoms with Gasteiger partial charge in [-0.05, 0) is 61.6 Å². The molecule has 3 heterocycles. The minimum atomic E-state index is -0.199. The first-order chi connectivity index (χ1) is 17.5. The van der Waals surface area contributed by atoms with Crippen molar-refractivity contribution in [2.75, 3.05) is 19.7 Å². The molecule has 1 atom stereocenters. The molecule has 7 heteroatoms. The van der Waals surface area contributed by atoms with Crippen LogP contribution in [-0.4, -0.2) is 46.6 Å². The summed E-state index contributed by atoms with van der Waals surface area (Å²) in [6, 6.07) is 21.9. The summed E-state index contributed by atoms with van der Waals surface area (Å²) in [5, 5.41) is 9.11. The third-order valence-electron chi connectivity index (χ3n) is 7.15. The number of benzene rings is 2. The predicted molar refractivity (Wildman–Crippen MR) is 136 cm³/mol. The van der Waals surface area contributed by atoms with Gasteiger partial charge >= 0.3 is 6.09 Å². The number of hydrogen-bond donors (Lipinski definition) is 0. The third-order valence-corrected chi connectivity index (χ3v) is 7.15. The predicted octanol–water partition coefficient (Wildman–Crippen LogP) is 5.52. The number of carbonyl (C=O) groups is 1. The van der Waals surface area contributed by atoms with Crippen LogP contribution in [0.25, 0.3) is 0 Å². The number of ether oxygens (including phenoxy) is 2. The molecule has 7 nitrogen and oxygen atoms in total. The highest BCUT2D eigenvalue weighted by molar-refractivity contribution is 5.71. The number of nitrogens with zero attached hydrogens (tertiary/aromatic N) is 4. The van der Waals surface area contributed by atoms with E-state index in [4.69, 9.17) is 14.7 Å². The average molecular weight is 483 g/mol. The molecule has 0 bridgehead atoms. The van der Waals surface area contributed by atoms with Crippen molar-refractivity contribution in [3.05, 3.63) is 88.6 Å². The topological polar surface area (TPSA) is 78.7 Å². The lowest BCUT2D eigenvalue weighted by atomic mass is 9.98. The van der Waals surface area contributed by atoms with Crippen molar-refractivity contribution < 1.29 is 14.3 Å². The molecular formula is C29H30N4O3. The van der Waals surface area contributed by atoms with Gasteiger partial charge in [0, 0.05) is 37.4 Å². The number of pyridine rings is 1. The molecule has 2 saturated heterocycles. The SMILES string of the molecule is Cc1cc(Oc2ccc(CN3CCC(N4C(=O)OCC4c4ccccc4)CC3)c(C)n2)ccc1C#N.